The van der Waals surface area contributed by atoms with Crippen molar-refractivity contribution in [2.75, 3.05) is 26.2 Å². The maximum absolute atomic E-state index is 13.4. The first-order chi connectivity index (χ1) is 13.2. The highest BCUT2D eigenvalue weighted by Gasteiger charge is 2.55. The number of carboxylic acids is 1. The topological polar surface area (TPSA) is 156 Å². The van der Waals surface area contributed by atoms with E-state index in [9.17, 15) is 18.3 Å². The molecule has 1 saturated carbocycles. The Morgan fingerprint density at radius 3 is 2.54 bits per heavy atom. The summed E-state index contributed by atoms with van der Waals surface area (Å²) >= 11 is 0. The molecule has 28 heavy (non-hydrogen) atoms. The molecule has 10 nitrogen and oxygen atoms in total. The van der Waals surface area contributed by atoms with Gasteiger partial charge in [-0.3, -0.25) is 4.79 Å². The smallest absolute Gasteiger partial charge is 0.451 e. The highest BCUT2D eigenvalue weighted by Crippen LogP contribution is 2.38. The van der Waals surface area contributed by atoms with E-state index < -0.39 is 34.8 Å². The molecular weight excluding hydrogens is 387 g/mol. The van der Waals surface area contributed by atoms with Gasteiger partial charge in [0.25, 0.3) is 10.2 Å². The zero-order valence-corrected chi connectivity index (χ0v) is 16.9. The number of nitrogens with zero attached hydrogens (tertiary/aromatic N) is 2. The van der Waals surface area contributed by atoms with Crippen LogP contribution < -0.4 is 11.1 Å². The molecule has 0 bridgehead atoms. The second-order valence-electron chi connectivity index (χ2n) is 8.32. The van der Waals surface area contributed by atoms with Crippen molar-refractivity contribution in [2.45, 2.75) is 62.5 Å². The lowest BCUT2D eigenvalue weighted by atomic mass is 9.78. The van der Waals surface area contributed by atoms with E-state index in [1.54, 1.807) is 4.31 Å². The third kappa shape index (κ3) is 4.53. The molecule has 2 heterocycles. The predicted molar refractivity (Wildman–Crippen MR) is 104 cm³/mol. The van der Waals surface area contributed by atoms with E-state index >= 15 is 0 Å². The quantitative estimate of drug-likeness (QED) is 0.281. The summed E-state index contributed by atoms with van der Waals surface area (Å²) in [5.74, 6) is -1.80. The number of nitrogens with one attached hydrogen (secondary N) is 1. The zero-order valence-electron chi connectivity index (χ0n) is 16.0. The van der Waals surface area contributed by atoms with Crippen LogP contribution in [-0.2, 0) is 15.0 Å². The Labute approximate surface area is 166 Å². The number of hydrogen-bond acceptors (Lipinski definition) is 7. The molecule has 12 heteroatoms. The van der Waals surface area contributed by atoms with Gasteiger partial charge in [0.05, 0.1) is 0 Å². The van der Waals surface area contributed by atoms with Gasteiger partial charge in [-0.2, -0.15) is 17.0 Å². The van der Waals surface area contributed by atoms with E-state index in [4.69, 9.17) is 15.8 Å². The molecule has 6 N–H and O–H groups in total. The van der Waals surface area contributed by atoms with Crippen molar-refractivity contribution >= 4 is 23.3 Å². The van der Waals surface area contributed by atoms with Crippen LogP contribution in [-0.4, -0.2) is 89.1 Å². The second-order valence-corrected chi connectivity index (χ2v) is 10.1. The molecular formula is C16H31BN4O6S. The molecule has 3 fully saturated rings. The van der Waals surface area contributed by atoms with E-state index in [1.165, 1.54) is 4.31 Å². The number of carboxylic acid groups (broad SMARTS) is 1. The van der Waals surface area contributed by atoms with E-state index in [0.717, 1.165) is 32.2 Å². The van der Waals surface area contributed by atoms with Crippen molar-refractivity contribution in [3.63, 3.8) is 0 Å². The second kappa shape index (κ2) is 8.54. The molecule has 3 rings (SSSR count). The van der Waals surface area contributed by atoms with Gasteiger partial charge in [-0.15, -0.1) is 0 Å². The van der Waals surface area contributed by atoms with Crippen LogP contribution in [0.1, 0.15) is 38.5 Å². The third-order valence-electron chi connectivity index (χ3n) is 6.13. The number of nitrogens with two attached hydrogens (primary N) is 1. The third-order valence-corrected chi connectivity index (χ3v) is 8.19. The Bertz CT molecular complexity index is 670. The fraction of sp³-hybridized carbons (Fsp3) is 0.938. The van der Waals surface area contributed by atoms with Gasteiger partial charge in [0.15, 0.2) is 0 Å². The average Bonchev–Trinajstić information content (AvgIpc) is 3.38. The number of rotatable bonds is 9. The largest absolute Gasteiger partial charge is 0.480 e. The SMILES string of the molecule is N[C@@]1(C(=O)O)CN(S(=O)(=O)N(C2CC2)[C@@H]2CCCNC2)C[C@@H]1CCCB(O)O. The Morgan fingerprint density at radius 1 is 1.29 bits per heavy atom. The molecule has 0 aromatic heterocycles. The first kappa shape index (κ1) is 21.9. The number of carbonyl (C=O) groups is 1. The fourth-order valence-electron chi connectivity index (χ4n) is 4.40. The van der Waals surface area contributed by atoms with Gasteiger partial charge in [0.2, 0.25) is 0 Å². The van der Waals surface area contributed by atoms with Crippen molar-refractivity contribution in [3.8, 4) is 0 Å². The van der Waals surface area contributed by atoms with Crippen molar-refractivity contribution in [3.05, 3.63) is 0 Å². The summed E-state index contributed by atoms with van der Waals surface area (Å²) < 4.78 is 29.7. The van der Waals surface area contributed by atoms with Gasteiger partial charge in [-0.05, 0) is 45.0 Å². The van der Waals surface area contributed by atoms with Crippen LogP contribution in [0.25, 0.3) is 0 Å². The summed E-state index contributed by atoms with van der Waals surface area (Å²) in [4.78, 5) is 11.9. The maximum atomic E-state index is 13.4. The van der Waals surface area contributed by atoms with Crippen LogP contribution in [0.2, 0.25) is 6.32 Å². The number of piperidine rings is 1. The normalized spacial score (nSPS) is 32.0. The highest BCUT2D eigenvalue weighted by molar-refractivity contribution is 7.86. The van der Waals surface area contributed by atoms with E-state index in [1.807, 2.05) is 0 Å². The van der Waals surface area contributed by atoms with Gasteiger partial charge in [-0.25, -0.2) is 0 Å². The first-order valence-corrected chi connectivity index (χ1v) is 11.4. The minimum Gasteiger partial charge on any atom is -0.480 e. The molecule has 160 valence electrons. The molecule has 0 aromatic carbocycles. The molecule has 2 aliphatic heterocycles. The van der Waals surface area contributed by atoms with Gasteiger partial charge < -0.3 is 26.2 Å². The average molecular weight is 418 g/mol. The van der Waals surface area contributed by atoms with Crippen molar-refractivity contribution < 1.29 is 28.4 Å². The number of hydrogen-bond donors (Lipinski definition) is 5. The summed E-state index contributed by atoms with van der Waals surface area (Å²) in [6.07, 6.45) is 4.14. The lowest BCUT2D eigenvalue weighted by molar-refractivity contribution is -0.144. The van der Waals surface area contributed by atoms with E-state index in [-0.39, 0.29) is 31.5 Å². The molecule has 0 amide bonds. The Morgan fingerprint density at radius 2 is 2.00 bits per heavy atom. The van der Waals surface area contributed by atoms with Gasteiger partial charge in [-0.1, -0.05) is 6.42 Å². The van der Waals surface area contributed by atoms with Crippen molar-refractivity contribution in [1.29, 1.82) is 0 Å². The van der Waals surface area contributed by atoms with Crippen LogP contribution >= 0.6 is 0 Å². The molecule has 3 aliphatic rings. The molecule has 0 unspecified atom stereocenters. The van der Waals surface area contributed by atoms with Gasteiger partial charge in [0, 0.05) is 37.6 Å². The van der Waals surface area contributed by atoms with Gasteiger partial charge >= 0.3 is 13.1 Å². The highest BCUT2D eigenvalue weighted by atomic mass is 32.2. The zero-order chi connectivity index (χ0) is 20.5. The monoisotopic (exact) mass is 418 g/mol. The van der Waals surface area contributed by atoms with E-state index in [2.05, 4.69) is 5.32 Å². The Hall–Kier alpha value is -0.755. The molecule has 0 radical (unpaired) electrons. The Balaban J connectivity index is 1.77. The lowest BCUT2D eigenvalue weighted by Gasteiger charge is -2.36. The molecule has 3 atom stereocenters. The fourth-order valence-corrected chi connectivity index (χ4v) is 6.55. The van der Waals surface area contributed by atoms with Crippen LogP contribution in [0.15, 0.2) is 0 Å². The molecule has 0 aromatic rings. The standard InChI is InChI=1S/C16H31BN4O6S/c18-16(15(22)23)11-20(10-12(16)3-1-7-17(24)25)28(26,27)21(13-5-6-13)14-4-2-8-19-9-14/h12-14,19,24-25H,1-11,18H2,(H,22,23)/t12-,14+,16-/m0/s1. The molecule has 1 aliphatic carbocycles. The minimum absolute atomic E-state index is 0.0181. The van der Waals surface area contributed by atoms with Crippen LogP contribution in [0.3, 0.4) is 0 Å². The first-order valence-electron chi connectivity index (χ1n) is 10.0. The van der Waals surface area contributed by atoms with Crippen molar-refractivity contribution in [1.82, 2.24) is 13.9 Å². The summed E-state index contributed by atoms with van der Waals surface area (Å²) in [6.45, 7) is 1.26. The predicted octanol–water partition coefficient (Wildman–Crippen LogP) is -1.59. The number of aliphatic carboxylic acids is 1. The minimum atomic E-state index is -3.83. The van der Waals surface area contributed by atoms with E-state index in [0.29, 0.717) is 19.4 Å². The summed E-state index contributed by atoms with van der Waals surface area (Å²) in [5, 5.41) is 31.0. The summed E-state index contributed by atoms with van der Waals surface area (Å²) in [6, 6.07) is -0.137. The van der Waals surface area contributed by atoms with Crippen LogP contribution in [0, 0.1) is 5.92 Å². The van der Waals surface area contributed by atoms with Crippen molar-refractivity contribution in [2.24, 2.45) is 11.7 Å². The molecule has 0 spiro atoms. The summed E-state index contributed by atoms with van der Waals surface area (Å²) in [5.41, 5.74) is 4.49. The van der Waals surface area contributed by atoms with Crippen LogP contribution in [0.5, 0.6) is 0 Å². The van der Waals surface area contributed by atoms with Crippen LogP contribution in [0.4, 0.5) is 0 Å². The maximum Gasteiger partial charge on any atom is 0.451 e. The van der Waals surface area contributed by atoms with Gasteiger partial charge in [0.1, 0.15) is 5.54 Å². The lowest BCUT2D eigenvalue weighted by Crippen LogP contribution is -2.57. The summed E-state index contributed by atoms with van der Waals surface area (Å²) in [7, 11) is -5.30. The molecule has 2 saturated heterocycles. The Kier molecular flexibility index (Phi) is 6.70.